The summed E-state index contributed by atoms with van der Waals surface area (Å²) in [6.45, 7) is 6.74. The van der Waals surface area contributed by atoms with Crippen molar-refractivity contribution in [1.29, 1.82) is 0 Å². The minimum absolute atomic E-state index is 0.0676. The summed E-state index contributed by atoms with van der Waals surface area (Å²) in [5.74, 6) is -0.0676. The van der Waals surface area contributed by atoms with E-state index in [1.165, 1.54) is 26.2 Å². The molecule has 0 unspecified atom stereocenters. The zero-order valence-corrected chi connectivity index (χ0v) is 17.7. The summed E-state index contributed by atoms with van der Waals surface area (Å²) in [7, 11) is 2.26. The van der Waals surface area contributed by atoms with Crippen LogP contribution in [0.15, 0.2) is 53.9 Å². The number of amides is 1. The van der Waals surface area contributed by atoms with Crippen LogP contribution in [0.4, 0.5) is 0 Å². The lowest BCUT2D eigenvalue weighted by Gasteiger charge is -2.27. The largest absolute Gasteiger partial charge is 0.350 e. The maximum atomic E-state index is 12.9. The number of quaternary nitrogens is 2. The van der Waals surface area contributed by atoms with Crippen LogP contribution in [0.25, 0.3) is 16.3 Å². The molecular formula is C22H29N5OS+2. The summed E-state index contributed by atoms with van der Waals surface area (Å²) in [6, 6.07) is 15.8. The average Bonchev–Trinajstić information content (AvgIpc) is 3.43. The van der Waals surface area contributed by atoms with E-state index < -0.39 is 0 Å². The Morgan fingerprint density at radius 2 is 1.93 bits per heavy atom. The molecule has 0 atom stereocenters. The first-order valence-corrected chi connectivity index (χ1v) is 11.2. The Morgan fingerprint density at radius 3 is 2.66 bits per heavy atom. The number of benzene rings is 1. The van der Waals surface area contributed by atoms with Gasteiger partial charge in [-0.3, -0.25) is 4.79 Å². The molecule has 1 aliphatic heterocycles. The van der Waals surface area contributed by atoms with Gasteiger partial charge in [-0.25, -0.2) is 4.68 Å². The number of hydrogen-bond donors (Lipinski definition) is 3. The van der Waals surface area contributed by atoms with Gasteiger partial charge in [-0.05, 0) is 29.6 Å². The first-order valence-electron chi connectivity index (χ1n) is 10.3. The molecule has 0 spiro atoms. The SMILES string of the molecule is C[NH+]1CC[NH+](CCCNC(=O)c2cc(-c3cccs3)nn2-c2ccccc2)CC1. The second-order valence-corrected chi connectivity index (χ2v) is 8.65. The lowest BCUT2D eigenvalue weighted by molar-refractivity contribution is -1.00. The fraction of sp³-hybridized carbons (Fsp3) is 0.364. The predicted molar refractivity (Wildman–Crippen MR) is 116 cm³/mol. The van der Waals surface area contributed by atoms with E-state index in [0.29, 0.717) is 12.2 Å². The van der Waals surface area contributed by atoms with Gasteiger partial charge >= 0.3 is 0 Å². The van der Waals surface area contributed by atoms with Crippen molar-refractivity contribution in [2.75, 3.05) is 46.3 Å². The van der Waals surface area contributed by atoms with Crippen molar-refractivity contribution in [2.45, 2.75) is 6.42 Å². The summed E-state index contributed by atoms with van der Waals surface area (Å²) in [5.41, 5.74) is 2.30. The maximum absolute atomic E-state index is 12.9. The molecule has 1 aromatic carbocycles. The zero-order valence-electron chi connectivity index (χ0n) is 16.9. The van der Waals surface area contributed by atoms with Gasteiger partial charge in [0, 0.05) is 13.0 Å². The third kappa shape index (κ3) is 4.93. The molecule has 1 aliphatic rings. The van der Waals surface area contributed by atoms with Gasteiger partial charge in [-0.1, -0.05) is 24.3 Å². The van der Waals surface area contributed by atoms with E-state index in [-0.39, 0.29) is 5.91 Å². The lowest BCUT2D eigenvalue weighted by Crippen LogP contribution is -3.27. The molecule has 0 saturated carbocycles. The standard InChI is InChI=1S/C22H27N5OS/c1-25-12-14-26(15-13-25)11-6-10-23-22(28)20-17-19(21-9-5-16-29-21)24-27(20)18-7-3-2-4-8-18/h2-5,7-9,16-17H,6,10-15H2,1H3,(H,23,28)/p+2. The van der Waals surface area contributed by atoms with Crippen LogP contribution >= 0.6 is 11.3 Å². The quantitative estimate of drug-likeness (QED) is 0.484. The van der Waals surface area contributed by atoms with Gasteiger partial charge in [-0.15, -0.1) is 11.3 Å². The number of thiophene rings is 1. The summed E-state index contributed by atoms with van der Waals surface area (Å²) < 4.78 is 1.75. The second kappa shape index (κ2) is 9.35. The van der Waals surface area contributed by atoms with Crippen molar-refractivity contribution in [3.8, 4) is 16.3 Å². The van der Waals surface area contributed by atoms with Crippen LogP contribution in [0.1, 0.15) is 16.9 Å². The summed E-state index contributed by atoms with van der Waals surface area (Å²) in [4.78, 5) is 17.3. The van der Waals surface area contributed by atoms with Crippen molar-refractivity contribution in [3.63, 3.8) is 0 Å². The van der Waals surface area contributed by atoms with Crippen LogP contribution in [0.5, 0.6) is 0 Å². The first-order chi connectivity index (χ1) is 14.2. The van der Waals surface area contributed by atoms with Gasteiger partial charge in [-0.2, -0.15) is 5.10 Å². The number of nitrogens with zero attached hydrogens (tertiary/aromatic N) is 2. The molecule has 4 rings (SSSR count). The highest BCUT2D eigenvalue weighted by atomic mass is 32.1. The Labute approximate surface area is 175 Å². The molecule has 0 aliphatic carbocycles. The van der Waals surface area contributed by atoms with Crippen molar-refractivity contribution < 1.29 is 14.6 Å². The van der Waals surface area contributed by atoms with Crippen LogP contribution in [0.3, 0.4) is 0 Å². The highest BCUT2D eigenvalue weighted by Crippen LogP contribution is 2.25. The van der Waals surface area contributed by atoms with Crippen molar-refractivity contribution in [2.24, 2.45) is 0 Å². The molecule has 1 saturated heterocycles. The number of likely N-dealkylation sites (N-methyl/N-ethyl adjacent to an activating group) is 1. The Kier molecular flexibility index (Phi) is 6.39. The number of para-hydroxylation sites is 1. The van der Waals surface area contributed by atoms with Crippen molar-refractivity contribution in [1.82, 2.24) is 15.1 Å². The van der Waals surface area contributed by atoms with Crippen molar-refractivity contribution in [3.05, 3.63) is 59.6 Å². The zero-order chi connectivity index (χ0) is 20.1. The molecule has 0 bridgehead atoms. The highest BCUT2D eigenvalue weighted by Gasteiger charge is 2.20. The molecular weight excluding hydrogens is 382 g/mol. The number of rotatable bonds is 7. The fourth-order valence-corrected chi connectivity index (χ4v) is 4.45. The second-order valence-electron chi connectivity index (χ2n) is 7.71. The molecule has 3 heterocycles. The number of piperazine rings is 1. The predicted octanol–water partition coefficient (Wildman–Crippen LogP) is 0.134. The molecule has 152 valence electrons. The lowest BCUT2D eigenvalue weighted by atomic mass is 10.2. The monoisotopic (exact) mass is 411 g/mol. The van der Waals surface area contributed by atoms with E-state index in [4.69, 9.17) is 5.10 Å². The molecule has 2 aromatic heterocycles. The number of hydrogen-bond acceptors (Lipinski definition) is 3. The fourth-order valence-electron chi connectivity index (χ4n) is 3.76. The van der Waals surface area contributed by atoms with Crippen LogP contribution in [-0.4, -0.2) is 62.0 Å². The van der Waals surface area contributed by atoms with Crippen LogP contribution in [-0.2, 0) is 0 Å². The van der Waals surface area contributed by atoms with Gasteiger partial charge < -0.3 is 15.1 Å². The Bertz CT molecular complexity index is 914. The highest BCUT2D eigenvalue weighted by molar-refractivity contribution is 7.13. The molecule has 0 radical (unpaired) electrons. The minimum Gasteiger partial charge on any atom is -0.350 e. The van der Waals surface area contributed by atoms with E-state index in [0.717, 1.165) is 29.2 Å². The average molecular weight is 412 g/mol. The number of carbonyl (C=O) groups excluding carboxylic acids is 1. The van der Waals surface area contributed by atoms with Gasteiger partial charge in [0.05, 0.1) is 24.2 Å². The third-order valence-electron chi connectivity index (χ3n) is 5.52. The Hall–Kier alpha value is -2.48. The van der Waals surface area contributed by atoms with Crippen LogP contribution in [0.2, 0.25) is 0 Å². The van der Waals surface area contributed by atoms with E-state index in [1.807, 2.05) is 53.9 Å². The molecule has 3 aromatic rings. The first kappa shape index (κ1) is 19.8. The number of nitrogens with one attached hydrogen (secondary N) is 3. The summed E-state index contributed by atoms with van der Waals surface area (Å²) in [5, 5.41) is 9.84. The van der Waals surface area contributed by atoms with Crippen LogP contribution in [0, 0.1) is 0 Å². The molecule has 1 amide bonds. The summed E-state index contributed by atoms with van der Waals surface area (Å²) >= 11 is 1.63. The topological polar surface area (TPSA) is 55.8 Å². The van der Waals surface area contributed by atoms with Gasteiger partial charge in [0.2, 0.25) is 0 Å². The van der Waals surface area contributed by atoms with E-state index in [9.17, 15) is 4.79 Å². The van der Waals surface area contributed by atoms with Crippen LogP contribution < -0.4 is 15.1 Å². The summed E-state index contributed by atoms with van der Waals surface area (Å²) in [6.07, 6.45) is 0.997. The molecule has 29 heavy (non-hydrogen) atoms. The van der Waals surface area contributed by atoms with Crippen molar-refractivity contribution >= 4 is 17.2 Å². The normalized spacial score (nSPS) is 19.2. The minimum atomic E-state index is -0.0676. The molecule has 6 nitrogen and oxygen atoms in total. The van der Waals surface area contributed by atoms with Gasteiger partial charge in [0.1, 0.15) is 37.6 Å². The molecule has 7 heteroatoms. The van der Waals surface area contributed by atoms with E-state index >= 15 is 0 Å². The van der Waals surface area contributed by atoms with Gasteiger partial charge in [0.15, 0.2) is 0 Å². The maximum Gasteiger partial charge on any atom is 0.270 e. The Morgan fingerprint density at radius 1 is 1.14 bits per heavy atom. The number of carbonyl (C=O) groups is 1. The Balaban J connectivity index is 1.42. The molecule has 1 fully saturated rings. The number of aromatic nitrogens is 2. The third-order valence-corrected chi connectivity index (χ3v) is 6.41. The van der Waals surface area contributed by atoms with E-state index in [2.05, 4.69) is 12.4 Å². The smallest absolute Gasteiger partial charge is 0.270 e. The van der Waals surface area contributed by atoms with E-state index in [1.54, 1.807) is 25.8 Å². The molecule has 3 N–H and O–H groups in total. The van der Waals surface area contributed by atoms with Gasteiger partial charge in [0.25, 0.3) is 5.91 Å².